The van der Waals surface area contributed by atoms with Crippen molar-refractivity contribution in [3.8, 4) is 0 Å². The van der Waals surface area contributed by atoms with E-state index >= 15 is 0 Å². The standard InChI is InChI=1S/C9H18FNO/c1-9(2,3)12-6-8-4-7(10)5-11-8/h7-8,11H,4-6H2,1-3H3/t7-,8-/m0/s1. The molecule has 72 valence electrons. The van der Waals surface area contributed by atoms with Gasteiger partial charge >= 0.3 is 0 Å². The van der Waals surface area contributed by atoms with E-state index in [2.05, 4.69) is 5.32 Å². The van der Waals surface area contributed by atoms with Gasteiger partial charge in [-0.2, -0.15) is 0 Å². The first kappa shape index (κ1) is 9.93. The molecule has 1 N–H and O–H groups in total. The Balaban J connectivity index is 2.16. The van der Waals surface area contributed by atoms with Crippen LogP contribution in [0.1, 0.15) is 27.2 Å². The third-order valence-electron chi connectivity index (χ3n) is 1.89. The van der Waals surface area contributed by atoms with Gasteiger partial charge in [0.1, 0.15) is 6.17 Å². The van der Waals surface area contributed by atoms with Crippen molar-refractivity contribution in [2.24, 2.45) is 0 Å². The highest BCUT2D eigenvalue weighted by Gasteiger charge is 2.24. The second-order valence-corrected chi connectivity index (χ2v) is 4.36. The van der Waals surface area contributed by atoms with Gasteiger partial charge in [0.25, 0.3) is 0 Å². The predicted octanol–water partition coefficient (Wildman–Crippen LogP) is 1.50. The Morgan fingerprint density at radius 3 is 2.58 bits per heavy atom. The molecule has 1 aliphatic heterocycles. The quantitative estimate of drug-likeness (QED) is 0.686. The van der Waals surface area contributed by atoms with Crippen molar-refractivity contribution in [2.75, 3.05) is 13.2 Å². The Kier molecular flexibility index (Phi) is 3.07. The topological polar surface area (TPSA) is 21.3 Å². The van der Waals surface area contributed by atoms with Crippen LogP contribution < -0.4 is 5.32 Å². The average molecular weight is 175 g/mol. The molecule has 0 aliphatic carbocycles. The van der Waals surface area contributed by atoms with Gasteiger partial charge in [-0.3, -0.25) is 0 Å². The second kappa shape index (κ2) is 3.71. The number of ether oxygens (including phenoxy) is 1. The third-order valence-corrected chi connectivity index (χ3v) is 1.89. The van der Waals surface area contributed by atoms with Crippen molar-refractivity contribution < 1.29 is 9.13 Å². The number of nitrogens with one attached hydrogen (secondary N) is 1. The summed E-state index contributed by atoms with van der Waals surface area (Å²) in [5.74, 6) is 0. The third kappa shape index (κ3) is 3.50. The minimum Gasteiger partial charge on any atom is -0.374 e. The molecule has 1 fully saturated rings. The molecule has 0 aromatic heterocycles. The number of hydrogen-bond donors (Lipinski definition) is 1. The minimum atomic E-state index is -0.682. The predicted molar refractivity (Wildman–Crippen MR) is 47.0 cm³/mol. The van der Waals surface area contributed by atoms with Crippen LogP contribution in [0.25, 0.3) is 0 Å². The first-order valence-electron chi connectivity index (χ1n) is 4.49. The molecule has 1 rings (SSSR count). The molecule has 0 saturated carbocycles. The Bertz CT molecular complexity index is 144. The van der Waals surface area contributed by atoms with Gasteiger partial charge < -0.3 is 10.1 Å². The Hall–Kier alpha value is -0.150. The maximum Gasteiger partial charge on any atom is 0.114 e. The van der Waals surface area contributed by atoms with Crippen LogP contribution in [0.2, 0.25) is 0 Å². The smallest absolute Gasteiger partial charge is 0.114 e. The largest absolute Gasteiger partial charge is 0.374 e. The van der Waals surface area contributed by atoms with E-state index < -0.39 is 6.17 Å². The Labute approximate surface area is 73.5 Å². The van der Waals surface area contributed by atoms with Crippen molar-refractivity contribution in [1.82, 2.24) is 5.32 Å². The number of halogens is 1. The van der Waals surface area contributed by atoms with E-state index in [9.17, 15) is 4.39 Å². The zero-order valence-electron chi connectivity index (χ0n) is 8.06. The molecule has 0 radical (unpaired) electrons. The summed E-state index contributed by atoms with van der Waals surface area (Å²) in [5.41, 5.74) is -0.115. The normalized spacial score (nSPS) is 31.0. The van der Waals surface area contributed by atoms with E-state index in [4.69, 9.17) is 4.74 Å². The van der Waals surface area contributed by atoms with Crippen LogP contribution >= 0.6 is 0 Å². The number of rotatable bonds is 2. The highest BCUT2D eigenvalue weighted by molar-refractivity contribution is 4.81. The van der Waals surface area contributed by atoms with Crippen LogP contribution in [0.3, 0.4) is 0 Å². The van der Waals surface area contributed by atoms with Crippen LogP contribution in [-0.2, 0) is 4.74 Å². The van der Waals surface area contributed by atoms with Crippen LogP contribution in [0.5, 0.6) is 0 Å². The molecule has 1 aliphatic rings. The Morgan fingerprint density at radius 2 is 2.17 bits per heavy atom. The molecular formula is C9H18FNO. The van der Waals surface area contributed by atoms with E-state index in [-0.39, 0.29) is 11.6 Å². The van der Waals surface area contributed by atoms with Crippen LogP contribution in [-0.4, -0.2) is 31.0 Å². The monoisotopic (exact) mass is 175 g/mol. The fourth-order valence-corrected chi connectivity index (χ4v) is 1.25. The lowest BCUT2D eigenvalue weighted by atomic mass is 10.2. The van der Waals surface area contributed by atoms with Gasteiger partial charge in [-0.25, -0.2) is 4.39 Å². The van der Waals surface area contributed by atoms with Gasteiger partial charge in [0.05, 0.1) is 12.2 Å². The molecule has 0 amide bonds. The Morgan fingerprint density at radius 1 is 1.50 bits per heavy atom. The van der Waals surface area contributed by atoms with E-state index in [1.807, 2.05) is 20.8 Å². The lowest BCUT2D eigenvalue weighted by Gasteiger charge is -2.22. The summed E-state index contributed by atoms with van der Waals surface area (Å²) in [6.07, 6.45) is -0.0885. The molecule has 2 atom stereocenters. The number of alkyl halides is 1. The summed E-state index contributed by atoms with van der Waals surface area (Å²) in [6.45, 7) is 7.13. The summed E-state index contributed by atoms with van der Waals surface area (Å²) in [4.78, 5) is 0. The molecule has 12 heavy (non-hydrogen) atoms. The fraction of sp³-hybridized carbons (Fsp3) is 1.00. The van der Waals surface area contributed by atoms with Crippen LogP contribution in [0.4, 0.5) is 4.39 Å². The molecule has 1 heterocycles. The molecule has 0 unspecified atom stereocenters. The molecule has 0 spiro atoms. The zero-order valence-corrected chi connectivity index (χ0v) is 8.06. The molecule has 0 aromatic carbocycles. The summed E-state index contributed by atoms with van der Waals surface area (Å²) in [5, 5.41) is 3.08. The van der Waals surface area contributed by atoms with E-state index in [0.717, 1.165) is 0 Å². The first-order chi connectivity index (χ1) is 5.47. The highest BCUT2D eigenvalue weighted by Crippen LogP contribution is 2.13. The number of hydrogen-bond acceptors (Lipinski definition) is 2. The summed E-state index contributed by atoms with van der Waals surface area (Å²) in [7, 11) is 0. The van der Waals surface area contributed by atoms with Crippen LogP contribution in [0, 0.1) is 0 Å². The molecule has 2 nitrogen and oxygen atoms in total. The van der Waals surface area contributed by atoms with Crippen molar-refractivity contribution >= 4 is 0 Å². The SMILES string of the molecule is CC(C)(C)OC[C@@H]1C[C@H](F)CN1. The van der Waals surface area contributed by atoms with E-state index in [0.29, 0.717) is 19.6 Å². The van der Waals surface area contributed by atoms with Gasteiger partial charge in [0, 0.05) is 12.6 Å². The van der Waals surface area contributed by atoms with Crippen molar-refractivity contribution in [3.63, 3.8) is 0 Å². The van der Waals surface area contributed by atoms with Crippen molar-refractivity contribution in [1.29, 1.82) is 0 Å². The van der Waals surface area contributed by atoms with Crippen LogP contribution in [0.15, 0.2) is 0 Å². The fourth-order valence-electron chi connectivity index (χ4n) is 1.25. The zero-order chi connectivity index (χ0) is 9.19. The maximum atomic E-state index is 12.7. The van der Waals surface area contributed by atoms with Gasteiger partial charge in [-0.1, -0.05) is 0 Å². The molecule has 3 heteroatoms. The highest BCUT2D eigenvalue weighted by atomic mass is 19.1. The molecule has 1 saturated heterocycles. The second-order valence-electron chi connectivity index (χ2n) is 4.36. The summed E-state index contributed by atoms with van der Waals surface area (Å²) in [6, 6.07) is 0.208. The maximum absolute atomic E-state index is 12.7. The first-order valence-corrected chi connectivity index (χ1v) is 4.49. The lowest BCUT2D eigenvalue weighted by Crippen LogP contribution is -2.31. The van der Waals surface area contributed by atoms with E-state index in [1.54, 1.807) is 0 Å². The lowest BCUT2D eigenvalue weighted by molar-refractivity contribution is -0.0127. The van der Waals surface area contributed by atoms with Gasteiger partial charge in [0.2, 0.25) is 0 Å². The molecule has 0 aromatic rings. The van der Waals surface area contributed by atoms with Crippen molar-refractivity contribution in [2.45, 2.75) is 45.0 Å². The minimum absolute atomic E-state index is 0.115. The molecule has 0 bridgehead atoms. The van der Waals surface area contributed by atoms with Gasteiger partial charge in [0.15, 0.2) is 0 Å². The van der Waals surface area contributed by atoms with Crippen molar-refractivity contribution in [3.05, 3.63) is 0 Å². The summed E-state index contributed by atoms with van der Waals surface area (Å²) < 4.78 is 18.2. The van der Waals surface area contributed by atoms with E-state index in [1.165, 1.54) is 0 Å². The van der Waals surface area contributed by atoms with Gasteiger partial charge in [-0.05, 0) is 27.2 Å². The molecular weight excluding hydrogens is 157 g/mol. The summed E-state index contributed by atoms with van der Waals surface area (Å²) >= 11 is 0. The van der Waals surface area contributed by atoms with Gasteiger partial charge in [-0.15, -0.1) is 0 Å². The average Bonchev–Trinajstić information content (AvgIpc) is 2.30.